The average molecular weight is 267 g/mol. The number of hydrogen-bond donors (Lipinski definition) is 2. The smallest absolute Gasteiger partial charge is 0.257 e. The molecule has 0 amide bonds. The summed E-state index contributed by atoms with van der Waals surface area (Å²) >= 11 is 0. The third-order valence-corrected chi connectivity index (χ3v) is 3.29. The summed E-state index contributed by atoms with van der Waals surface area (Å²) in [7, 11) is 0. The van der Waals surface area contributed by atoms with Crippen molar-refractivity contribution in [2.45, 2.75) is 13.8 Å². The minimum atomic E-state index is -0.361. The summed E-state index contributed by atoms with van der Waals surface area (Å²) in [5.74, 6) is 0.00307. The molecule has 0 aliphatic rings. The van der Waals surface area contributed by atoms with E-state index in [0.717, 1.165) is 16.5 Å². The molecule has 2 heterocycles. The van der Waals surface area contributed by atoms with Crippen LogP contribution in [-0.4, -0.2) is 20.1 Å². The molecule has 2 aromatic heterocycles. The van der Waals surface area contributed by atoms with E-state index in [1.807, 2.05) is 37.3 Å². The Labute approximate surface area is 115 Å². The predicted molar refractivity (Wildman–Crippen MR) is 76.7 cm³/mol. The third kappa shape index (κ3) is 1.93. The van der Waals surface area contributed by atoms with Gasteiger partial charge in [-0.2, -0.15) is 4.98 Å². The molecule has 0 aliphatic heterocycles. The first-order valence-corrected chi connectivity index (χ1v) is 6.23. The Balaban J connectivity index is 2.27. The van der Waals surface area contributed by atoms with Crippen LogP contribution >= 0.6 is 0 Å². The number of rotatable bonds is 1. The van der Waals surface area contributed by atoms with E-state index in [4.69, 9.17) is 0 Å². The molecule has 0 spiro atoms. The molecule has 0 radical (unpaired) electrons. The number of hydrogen-bond acceptors (Lipinski definition) is 4. The molecule has 3 rings (SSSR count). The van der Waals surface area contributed by atoms with Crippen LogP contribution < -0.4 is 5.56 Å². The normalized spacial score (nSPS) is 10.9. The second kappa shape index (κ2) is 4.45. The van der Waals surface area contributed by atoms with Crippen LogP contribution in [0.3, 0.4) is 0 Å². The molecular formula is C15H13N3O2. The van der Waals surface area contributed by atoms with E-state index < -0.39 is 0 Å². The fraction of sp³-hybridized carbons (Fsp3) is 0.133. The fourth-order valence-electron chi connectivity index (χ4n) is 2.11. The van der Waals surface area contributed by atoms with Gasteiger partial charge in [-0.05, 0) is 31.5 Å². The Morgan fingerprint density at radius 2 is 1.90 bits per heavy atom. The topological polar surface area (TPSA) is 78.9 Å². The highest BCUT2D eigenvalue weighted by molar-refractivity contribution is 5.84. The highest BCUT2D eigenvalue weighted by Gasteiger charge is 2.10. The quantitative estimate of drug-likeness (QED) is 0.709. The van der Waals surface area contributed by atoms with Crippen molar-refractivity contribution in [1.82, 2.24) is 15.0 Å². The van der Waals surface area contributed by atoms with Crippen LogP contribution in [0.5, 0.6) is 5.88 Å². The van der Waals surface area contributed by atoms with Crippen molar-refractivity contribution in [3.8, 4) is 17.4 Å². The number of aromatic nitrogens is 3. The van der Waals surface area contributed by atoms with Gasteiger partial charge in [-0.15, -0.1) is 0 Å². The van der Waals surface area contributed by atoms with Gasteiger partial charge < -0.3 is 10.1 Å². The molecule has 0 saturated carbocycles. The summed E-state index contributed by atoms with van der Waals surface area (Å²) in [5, 5.41) is 10.7. The number of fused-ring (bicyclic) bond motifs is 1. The van der Waals surface area contributed by atoms with E-state index in [2.05, 4.69) is 15.0 Å². The lowest BCUT2D eigenvalue weighted by Gasteiger charge is -2.06. The number of nitrogens with zero attached hydrogens (tertiary/aromatic N) is 2. The third-order valence-electron chi connectivity index (χ3n) is 3.29. The summed E-state index contributed by atoms with van der Waals surface area (Å²) in [6.45, 7) is 3.49. The molecule has 3 aromatic rings. The molecule has 20 heavy (non-hydrogen) atoms. The molecule has 0 bridgehead atoms. The molecule has 0 atom stereocenters. The molecule has 0 saturated heterocycles. The van der Waals surface area contributed by atoms with Gasteiger partial charge in [0.1, 0.15) is 5.69 Å². The van der Waals surface area contributed by atoms with E-state index in [-0.39, 0.29) is 22.8 Å². The number of nitrogens with one attached hydrogen (secondary N) is 1. The van der Waals surface area contributed by atoms with Crippen molar-refractivity contribution in [2.75, 3.05) is 0 Å². The van der Waals surface area contributed by atoms with E-state index in [1.165, 1.54) is 6.92 Å². The van der Waals surface area contributed by atoms with E-state index >= 15 is 0 Å². The lowest BCUT2D eigenvalue weighted by molar-refractivity contribution is 0.447. The maximum absolute atomic E-state index is 11.7. The first kappa shape index (κ1) is 12.3. The van der Waals surface area contributed by atoms with Crippen LogP contribution in [0.2, 0.25) is 0 Å². The Morgan fingerprint density at radius 1 is 1.15 bits per heavy atom. The van der Waals surface area contributed by atoms with Crippen LogP contribution in [0, 0.1) is 13.8 Å². The Kier molecular flexibility index (Phi) is 2.75. The summed E-state index contributed by atoms with van der Waals surface area (Å²) in [4.78, 5) is 22.8. The van der Waals surface area contributed by atoms with E-state index in [9.17, 15) is 9.90 Å². The highest BCUT2D eigenvalue weighted by Crippen LogP contribution is 2.22. The molecule has 2 N–H and O–H groups in total. The summed E-state index contributed by atoms with van der Waals surface area (Å²) in [6.07, 6.45) is 0. The first-order valence-electron chi connectivity index (χ1n) is 6.23. The molecule has 1 aromatic carbocycles. The minimum absolute atomic E-state index is 0.200. The van der Waals surface area contributed by atoms with E-state index in [0.29, 0.717) is 5.69 Å². The van der Waals surface area contributed by atoms with Crippen molar-refractivity contribution in [2.24, 2.45) is 0 Å². The number of aromatic hydroxyl groups is 1. The number of para-hydroxylation sites is 1. The molecule has 100 valence electrons. The van der Waals surface area contributed by atoms with Gasteiger partial charge in [0.2, 0.25) is 5.88 Å². The van der Waals surface area contributed by atoms with Crippen LogP contribution in [0.15, 0.2) is 35.1 Å². The second-order valence-corrected chi connectivity index (χ2v) is 4.70. The number of aryl methyl sites for hydroxylation is 1. The van der Waals surface area contributed by atoms with Gasteiger partial charge in [0.15, 0.2) is 5.82 Å². The SMILES string of the molecule is Cc1c(O)nc(-c2cc(C)c3ccccc3n2)[nH]c1=O. The van der Waals surface area contributed by atoms with Gasteiger partial charge in [-0.25, -0.2) is 4.98 Å². The van der Waals surface area contributed by atoms with E-state index in [1.54, 1.807) is 0 Å². The van der Waals surface area contributed by atoms with Gasteiger partial charge in [0.25, 0.3) is 5.56 Å². The molecule has 0 aliphatic carbocycles. The molecular weight excluding hydrogens is 254 g/mol. The zero-order valence-electron chi connectivity index (χ0n) is 11.1. The first-order chi connectivity index (χ1) is 9.56. The molecule has 0 unspecified atom stereocenters. The van der Waals surface area contributed by atoms with Crippen LogP contribution in [-0.2, 0) is 0 Å². The predicted octanol–water partition coefficient (Wildman–Crippen LogP) is 2.31. The summed E-state index contributed by atoms with van der Waals surface area (Å²) < 4.78 is 0. The average Bonchev–Trinajstić information content (AvgIpc) is 2.44. The standard InChI is InChI=1S/C15H13N3O2/c1-8-7-12(16-11-6-4-3-5-10(8)11)13-17-14(19)9(2)15(20)18-13/h3-7H,1-2H3,(H2,17,18,19,20). The maximum atomic E-state index is 11.7. The highest BCUT2D eigenvalue weighted by atomic mass is 16.3. The van der Waals surface area contributed by atoms with Crippen LogP contribution in [0.4, 0.5) is 0 Å². The molecule has 5 heteroatoms. The number of aromatic amines is 1. The maximum Gasteiger partial charge on any atom is 0.257 e. The van der Waals surface area contributed by atoms with Crippen molar-refractivity contribution < 1.29 is 5.11 Å². The Morgan fingerprint density at radius 3 is 2.65 bits per heavy atom. The largest absolute Gasteiger partial charge is 0.493 e. The Hall–Kier alpha value is -2.69. The van der Waals surface area contributed by atoms with Gasteiger partial charge in [-0.3, -0.25) is 4.79 Å². The second-order valence-electron chi connectivity index (χ2n) is 4.70. The van der Waals surface area contributed by atoms with Crippen LogP contribution in [0.1, 0.15) is 11.1 Å². The Bertz CT molecular complexity index is 869. The van der Waals surface area contributed by atoms with Crippen LogP contribution in [0.25, 0.3) is 22.4 Å². The van der Waals surface area contributed by atoms with Crippen molar-refractivity contribution in [1.29, 1.82) is 0 Å². The number of benzene rings is 1. The lowest BCUT2D eigenvalue weighted by atomic mass is 10.1. The van der Waals surface area contributed by atoms with Gasteiger partial charge in [-0.1, -0.05) is 18.2 Å². The van der Waals surface area contributed by atoms with Crippen molar-refractivity contribution in [3.63, 3.8) is 0 Å². The summed E-state index contributed by atoms with van der Waals surface area (Å²) in [5.41, 5.74) is 2.23. The van der Waals surface area contributed by atoms with Gasteiger partial charge >= 0.3 is 0 Å². The summed E-state index contributed by atoms with van der Waals surface area (Å²) in [6, 6.07) is 9.59. The monoisotopic (exact) mass is 267 g/mol. The number of pyridine rings is 1. The van der Waals surface area contributed by atoms with Crippen molar-refractivity contribution in [3.05, 3.63) is 51.8 Å². The molecule has 5 nitrogen and oxygen atoms in total. The van der Waals surface area contributed by atoms with Crippen molar-refractivity contribution >= 4 is 10.9 Å². The fourth-order valence-corrected chi connectivity index (χ4v) is 2.11. The van der Waals surface area contributed by atoms with Gasteiger partial charge in [0.05, 0.1) is 11.1 Å². The minimum Gasteiger partial charge on any atom is -0.493 e. The number of H-pyrrole nitrogens is 1. The van der Waals surface area contributed by atoms with Gasteiger partial charge in [0, 0.05) is 5.39 Å². The zero-order chi connectivity index (χ0) is 14.3. The zero-order valence-corrected chi connectivity index (χ0v) is 11.1. The molecule has 0 fully saturated rings. The lowest BCUT2D eigenvalue weighted by Crippen LogP contribution is -2.12.